The zero-order valence-corrected chi connectivity index (χ0v) is 16.9. The van der Waals surface area contributed by atoms with E-state index in [1.54, 1.807) is 36.3 Å². The van der Waals surface area contributed by atoms with E-state index in [9.17, 15) is 14.4 Å². The van der Waals surface area contributed by atoms with Crippen molar-refractivity contribution in [1.82, 2.24) is 9.97 Å². The number of benzene rings is 1. The molecule has 0 aliphatic carbocycles. The normalized spacial score (nSPS) is 20.3. The van der Waals surface area contributed by atoms with E-state index in [0.29, 0.717) is 41.8 Å². The molecule has 1 aromatic carbocycles. The molecule has 1 aromatic heterocycles. The van der Waals surface area contributed by atoms with Crippen LogP contribution in [0.15, 0.2) is 24.4 Å². The molecule has 3 aliphatic heterocycles. The van der Waals surface area contributed by atoms with Gasteiger partial charge in [0.15, 0.2) is 0 Å². The van der Waals surface area contributed by atoms with Crippen molar-refractivity contribution in [2.45, 2.75) is 25.8 Å². The van der Waals surface area contributed by atoms with Crippen LogP contribution in [0.5, 0.6) is 0 Å². The standard InChI is InChI=1S/C21H22N6O3/c1-3-22-21-23-10-13-18(24-21)26-9-5-6-12(26)11-27(19(13)29)15-8-4-7-14-16(15)17(28)20(30)25(14)2/h4,7-8,10,12H,3,5-6,9,11H2,1-2H3,(H,22,23,24). The molecule has 0 spiro atoms. The van der Waals surface area contributed by atoms with Gasteiger partial charge in [-0.15, -0.1) is 0 Å². The molecule has 1 saturated heterocycles. The quantitative estimate of drug-likeness (QED) is 0.775. The summed E-state index contributed by atoms with van der Waals surface area (Å²) < 4.78 is 0. The smallest absolute Gasteiger partial charge is 0.299 e. The monoisotopic (exact) mass is 406 g/mol. The van der Waals surface area contributed by atoms with Crippen molar-refractivity contribution in [3.05, 3.63) is 35.5 Å². The second-order valence-corrected chi connectivity index (χ2v) is 7.73. The Balaban J connectivity index is 1.65. The predicted molar refractivity (Wildman–Crippen MR) is 112 cm³/mol. The molecule has 1 unspecified atom stereocenters. The van der Waals surface area contributed by atoms with Crippen LogP contribution < -0.4 is 20.0 Å². The lowest BCUT2D eigenvalue weighted by Crippen LogP contribution is -2.40. The fourth-order valence-corrected chi connectivity index (χ4v) is 4.57. The molecule has 0 radical (unpaired) electrons. The van der Waals surface area contributed by atoms with Crippen molar-refractivity contribution in [2.75, 3.05) is 46.7 Å². The average molecular weight is 406 g/mol. The molecule has 1 fully saturated rings. The summed E-state index contributed by atoms with van der Waals surface area (Å²) in [7, 11) is 1.57. The Morgan fingerprint density at radius 2 is 1.97 bits per heavy atom. The number of fused-ring (bicyclic) bond motifs is 4. The molecule has 2 aromatic rings. The third-order valence-corrected chi connectivity index (χ3v) is 6.02. The summed E-state index contributed by atoms with van der Waals surface area (Å²) in [4.78, 5) is 52.6. The van der Waals surface area contributed by atoms with Crippen molar-refractivity contribution in [1.29, 1.82) is 0 Å². The number of Topliss-reactive ketones (excluding diaryl/α,β-unsaturated/α-hetero) is 1. The van der Waals surface area contributed by atoms with Crippen molar-refractivity contribution in [2.24, 2.45) is 0 Å². The molecule has 2 amide bonds. The predicted octanol–water partition coefficient (Wildman–Crippen LogP) is 1.70. The lowest BCUT2D eigenvalue weighted by Gasteiger charge is -2.27. The maximum atomic E-state index is 13.6. The molecule has 4 heterocycles. The summed E-state index contributed by atoms with van der Waals surface area (Å²) in [6.45, 7) is 3.88. The Labute approximate surface area is 173 Å². The van der Waals surface area contributed by atoms with E-state index in [-0.39, 0.29) is 17.5 Å². The molecule has 0 bridgehead atoms. The number of hydrogen-bond donors (Lipinski definition) is 1. The zero-order valence-electron chi connectivity index (χ0n) is 16.9. The number of ketones is 1. The minimum atomic E-state index is -0.582. The Morgan fingerprint density at radius 3 is 2.77 bits per heavy atom. The Hall–Kier alpha value is -3.49. The van der Waals surface area contributed by atoms with Crippen LogP contribution in [0.4, 0.5) is 23.1 Å². The summed E-state index contributed by atoms with van der Waals surface area (Å²) in [6, 6.07) is 5.32. The zero-order chi connectivity index (χ0) is 21.0. The van der Waals surface area contributed by atoms with Gasteiger partial charge in [-0.2, -0.15) is 4.98 Å². The molecular formula is C21H22N6O3. The number of carbonyl (C=O) groups is 3. The van der Waals surface area contributed by atoms with E-state index >= 15 is 0 Å². The largest absolute Gasteiger partial charge is 0.354 e. The summed E-state index contributed by atoms with van der Waals surface area (Å²) in [5, 5.41) is 3.10. The lowest BCUT2D eigenvalue weighted by molar-refractivity contribution is -0.114. The topological polar surface area (TPSA) is 98.7 Å². The van der Waals surface area contributed by atoms with Crippen molar-refractivity contribution < 1.29 is 14.4 Å². The molecule has 5 rings (SSSR count). The highest BCUT2D eigenvalue weighted by Crippen LogP contribution is 2.39. The van der Waals surface area contributed by atoms with Gasteiger partial charge in [0.05, 0.1) is 16.9 Å². The van der Waals surface area contributed by atoms with Gasteiger partial charge in [-0.05, 0) is 31.9 Å². The maximum Gasteiger partial charge on any atom is 0.299 e. The molecule has 154 valence electrons. The Morgan fingerprint density at radius 1 is 1.17 bits per heavy atom. The number of carbonyl (C=O) groups excluding carboxylic acids is 3. The third kappa shape index (κ3) is 2.58. The number of anilines is 4. The van der Waals surface area contributed by atoms with Gasteiger partial charge in [-0.1, -0.05) is 6.07 Å². The van der Waals surface area contributed by atoms with Gasteiger partial charge >= 0.3 is 0 Å². The SMILES string of the molecule is CCNc1ncc2c(n1)N1CCCC1CN(c1cccc3c1C(=O)C(=O)N3C)C2=O. The van der Waals surface area contributed by atoms with Gasteiger partial charge in [-0.3, -0.25) is 14.4 Å². The Kier molecular flexibility index (Phi) is 4.19. The summed E-state index contributed by atoms with van der Waals surface area (Å²) in [5.41, 5.74) is 1.69. The highest BCUT2D eigenvalue weighted by molar-refractivity contribution is 6.53. The number of hydrogen-bond acceptors (Lipinski definition) is 7. The van der Waals surface area contributed by atoms with E-state index in [4.69, 9.17) is 0 Å². The summed E-state index contributed by atoms with van der Waals surface area (Å²) in [6.07, 6.45) is 3.48. The van der Waals surface area contributed by atoms with Gasteiger partial charge < -0.3 is 20.0 Å². The van der Waals surface area contributed by atoms with Crippen LogP contribution in [0.2, 0.25) is 0 Å². The van der Waals surface area contributed by atoms with Crippen LogP contribution in [0.1, 0.15) is 40.5 Å². The van der Waals surface area contributed by atoms with Crippen molar-refractivity contribution >= 4 is 40.7 Å². The molecule has 0 saturated carbocycles. The first-order chi connectivity index (χ1) is 14.5. The fraction of sp³-hybridized carbons (Fsp3) is 0.381. The number of rotatable bonds is 3. The number of nitrogens with one attached hydrogen (secondary N) is 1. The summed E-state index contributed by atoms with van der Waals surface area (Å²) in [5.74, 6) is -0.302. The van der Waals surface area contributed by atoms with E-state index < -0.39 is 11.7 Å². The first-order valence-electron chi connectivity index (χ1n) is 10.2. The lowest BCUT2D eigenvalue weighted by atomic mass is 10.1. The van der Waals surface area contributed by atoms with Crippen LogP contribution in [0, 0.1) is 0 Å². The van der Waals surface area contributed by atoms with Crippen LogP contribution >= 0.6 is 0 Å². The molecular weight excluding hydrogens is 384 g/mol. The summed E-state index contributed by atoms with van der Waals surface area (Å²) >= 11 is 0. The van der Waals surface area contributed by atoms with Gasteiger partial charge in [0.1, 0.15) is 11.4 Å². The van der Waals surface area contributed by atoms with Crippen LogP contribution in [-0.2, 0) is 4.79 Å². The molecule has 1 N–H and O–H groups in total. The van der Waals surface area contributed by atoms with Crippen LogP contribution in [-0.4, -0.2) is 60.3 Å². The molecule has 9 nitrogen and oxygen atoms in total. The highest BCUT2D eigenvalue weighted by Gasteiger charge is 2.42. The number of amides is 2. The average Bonchev–Trinajstić information content (AvgIpc) is 3.27. The second kappa shape index (κ2) is 6.79. The molecule has 30 heavy (non-hydrogen) atoms. The second-order valence-electron chi connectivity index (χ2n) is 7.73. The number of likely N-dealkylation sites (N-methyl/N-ethyl adjacent to an activating group) is 1. The van der Waals surface area contributed by atoms with Gasteiger partial charge in [0, 0.05) is 38.9 Å². The van der Waals surface area contributed by atoms with Crippen molar-refractivity contribution in [3.63, 3.8) is 0 Å². The molecule has 3 aliphatic rings. The fourth-order valence-electron chi connectivity index (χ4n) is 4.57. The van der Waals surface area contributed by atoms with E-state index in [0.717, 1.165) is 19.4 Å². The van der Waals surface area contributed by atoms with Crippen LogP contribution in [0.3, 0.4) is 0 Å². The van der Waals surface area contributed by atoms with Gasteiger partial charge in [0.2, 0.25) is 5.95 Å². The van der Waals surface area contributed by atoms with Gasteiger partial charge in [0.25, 0.3) is 17.6 Å². The third-order valence-electron chi connectivity index (χ3n) is 6.02. The van der Waals surface area contributed by atoms with E-state index in [2.05, 4.69) is 20.2 Å². The molecule has 1 atom stereocenters. The van der Waals surface area contributed by atoms with Gasteiger partial charge in [-0.25, -0.2) is 4.98 Å². The Bertz CT molecular complexity index is 1080. The molecule has 9 heteroatoms. The minimum Gasteiger partial charge on any atom is -0.354 e. The minimum absolute atomic E-state index is 0.0837. The van der Waals surface area contributed by atoms with Crippen molar-refractivity contribution in [3.8, 4) is 0 Å². The van der Waals surface area contributed by atoms with E-state index in [1.165, 1.54) is 4.90 Å². The van der Waals surface area contributed by atoms with Crippen LogP contribution in [0.25, 0.3) is 0 Å². The first kappa shape index (κ1) is 18.5. The van der Waals surface area contributed by atoms with E-state index in [1.807, 2.05) is 6.92 Å². The maximum absolute atomic E-state index is 13.6. The number of nitrogens with zero attached hydrogens (tertiary/aromatic N) is 5. The highest BCUT2D eigenvalue weighted by atomic mass is 16.2. The number of aromatic nitrogens is 2. The first-order valence-corrected chi connectivity index (χ1v) is 10.2.